The fourth-order valence-electron chi connectivity index (χ4n) is 1.36. The van der Waals surface area contributed by atoms with Crippen molar-refractivity contribution in [2.75, 3.05) is 0 Å². The summed E-state index contributed by atoms with van der Waals surface area (Å²) in [5, 5.41) is 0.434. The van der Waals surface area contributed by atoms with Crippen molar-refractivity contribution in [2.45, 2.75) is 0 Å². The third-order valence-corrected chi connectivity index (χ3v) is 2.49. The molecule has 0 bridgehead atoms. The molecule has 0 aliphatic heterocycles. The predicted octanol–water partition coefficient (Wildman–Crippen LogP) is 2.04. The van der Waals surface area contributed by atoms with Gasteiger partial charge in [-0.2, -0.15) is 0 Å². The van der Waals surface area contributed by atoms with Gasteiger partial charge in [-0.25, -0.2) is 0 Å². The zero-order valence-electron chi connectivity index (χ0n) is 6.99. The van der Waals surface area contributed by atoms with E-state index in [1.807, 2.05) is 12.1 Å². The number of halogens is 1. The lowest BCUT2D eigenvalue weighted by atomic mass is 10.3. The highest BCUT2D eigenvalue weighted by molar-refractivity contribution is 6.34. The molecule has 3 nitrogen and oxygen atoms in total. The van der Waals surface area contributed by atoms with E-state index >= 15 is 0 Å². The van der Waals surface area contributed by atoms with Gasteiger partial charge in [-0.05, 0) is 12.1 Å². The Hall–Kier alpha value is -1.35. The normalized spacial score (nSPS) is 10.6. The van der Waals surface area contributed by atoms with Crippen LogP contribution >= 0.6 is 11.6 Å². The predicted molar refractivity (Wildman–Crippen MR) is 51.1 cm³/mol. The second-order valence-corrected chi connectivity index (χ2v) is 3.11. The SMILES string of the molecule is Cn1c(Cl)c(C=O)c2ncccc21. The van der Waals surface area contributed by atoms with Crippen LogP contribution in [0.5, 0.6) is 0 Å². The van der Waals surface area contributed by atoms with Gasteiger partial charge in [0, 0.05) is 13.2 Å². The highest BCUT2D eigenvalue weighted by atomic mass is 35.5. The van der Waals surface area contributed by atoms with Gasteiger partial charge in [0.15, 0.2) is 6.29 Å². The molecule has 0 saturated carbocycles. The van der Waals surface area contributed by atoms with Crippen LogP contribution in [0, 0.1) is 0 Å². The molecule has 0 spiro atoms. The summed E-state index contributed by atoms with van der Waals surface area (Å²) in [5.74, 6) is 0. The minimum Gasteiger partial charge on any atom is -0.333 e. The van der Waals surface area contributed by atoms with Gasteiger partial charge in [-0.15, -0.1) is 0 Å². The third kappa shape index (κ3) is 1.04. The largest absolute Gasteiger partial charge is 0.333 e. The van der Waals surface area contributed by atoms with E-state index in [0.717, 1.165) is 11.8 Å². The van der Waals surface area contributed by atoms with Crippen LogP contribution in [0.1, 0.15) is 10.4 Å². The zero-order valence-corrected chi connectivity index (χ0v) is 7.75. The summed E-state index contributed by atoms with van der Waals surface area (Å²) in [4.78, 5) is 14.8. The molecule has 0 aromatic carbocycles. The van der Waals surface area contributed by atoms with Crippen molar-refractivity contribution in [1.29, 1.82) is 0 Å². The van der Waals surface area contributed by atoms with E-state index in [2.05, 4.69) is 4.98 Å². The van der Waals surface area contributed by atoms with Gasteiger partial charge in [0.2, 0.25) is 0 Å². The van der Waals surface area contributed by atoms with E-state index < -0.39 is 0 Å². The third-order valence-electron chi connectivity index (χ3n) is 2.04. The molecule has 0 saturated heterocycles. The maximum absolute atomic E-state index is 10.7. The lowest BCUT2D eigenvalue weighted by Crippen LogP contribution is -1.86. The van der Waals surface area contributed by atoms with E-state index in [1.54, 1.807) is 17.8 Å². The Morgan fingerprint density at radius 3 is 3.08 bits per heavy atom. The summed E-state index contributed by atoms with van der Waals surface area (Å²) < 4.78 is 1.74. The number of hydrogen-bond donors (Lipinski definition) is 0. The van der Waals surface area contributed by atoms with Crippen molar-refractivity contribution in [3.63, 3.8) is 0 Å². The molecule has 13 heavy (non-hydrogen) atoms. The molecular formula is C9H7ClN2O. The Bertz CT molecular complexity index is 476. The van der Waals surface area contributed by atoms with E-state index in [1.165, 1.54) is 0 Å². The van der Waals surface area contributed by atoms with Crippen LogP contribution in [0.2, 0.25) is 5.15 Å². The number of aldehydes is 1. The van der Waals surface area contributed by atoms with E-state index in [0.29, 0.717) is 16.2 Å². The monoisotopic (exact) mass is 194 g/mol. The van der Waals surface area contributed by atoms with Crippen molar-refractivity contribution in [3.05, 3.63) is 29.0 Å². The quantitative estimate of drug-likeness (QED) is 0.652. The number of carbonyl (C=O) groups is 1. The number of carbonyl (C=O) groups excluding carboxylic acids is 1. The molecule has 2 aromatic heterocycles. The van der Waals surface area contributed by atoms with E-state index in [-0.39, 0.29) is 0 Å². The van der Waals surface area contributed by atoms with Crippen LogP contribution in [0.3, 0.4) is 0 Å². The minimum absolute atomic E-state index is 0.434. The summed E-state index contributed by atoms with van der Waals surface area (Å²) in [5.41, 5.74) is 1.99. The van der Waals surface area contributed by atoms with Gasteiger partial charge in [-0.3, -0.25) is 9.78 Å². The molecule has 0 N–H and O–H groups in total. The van der Waals surface area contributed by atoms with Crippen LogP contribution in [0.25, 0.3) is 11.0 Å². The molecule has 0 atom stereocenters. The molecule has 66 valence electrons. The Morgan fingerprint density at radius 1 is 1.62 bits per heavy atom. The number of aromatic nitrogens is 2. The molecule has 0 amide bonds. The number of pyridine rings is 1. The van der Waals surface area contributed by atoms with Crippen molar-refractivity contribution in [3.8, 4) is 0 Å². The van der Waals surface area contributed by atoms with Crippen LogP contribution < -0.4 is 0 Å². The van der Waals surface area contributed by atoms with Gasteiger partial charge < -0.3 is 4.57 Å². The highest BCUT2D eigenvalue weighted by Crippen LogP contribution is 2.25. The standard InChI is InChI=1S/C9H7ClN2O/c1-12-7-3-2-4-11-8(7)6(5-13)9(12)10/h2-5H,1H3. The topological polar surface area (TPSA) is 34.9 Å². The summed E-state index contributed by atoms with van der Waals surface area (Å²) in [6, 6.07) is 3.69. The molecule has 0 aliphatic carbocycles. The van der Waals surface area contributed by atoms with Crippen molar-refractivity contribution < 1.29 is 4.79 Å². The Kier molecular flexibility index (Phi) is 1.81. The fourth-order valence-corrected chi connectivity index (χ4v) is 1.59. The molecular weight excluding hydrogens is 188 g/mol. The van der Waals surface area contributed by atoms with Crippen molar-refractivity contribution >= 4 is 28.9 Å². The van der Waals surface area contributed by atoms with Gasteiger partial charge >= 0.3 is 0 Å². The highest BCUT2D eigenvalue weighted by Gasteiger charge is 2.12. The van der Waals surface area contributed by atoms with Crippen LogP contribution in [0.4, 0.5) is 0 Å². The van der Waals surface area contributed by atoms with Gasteiger partial charge in [0.05, 0.1) is 11.1 Å². The van der Waals surface area contributed by atoms with Crippen LogP contribution in [-0.4, -0.2) is 15.8 Å². The molecule has 2 aromatic rings. The number of fused-ring (bicyclic) bond motifs is 1. The molecule has 2 rings (SSSR count). The van der Waals surface area contributed by atoms with Crippen molar-refractivity contribution in [1.82, 2.24) is 9.55 Å². The fraction of sp³-hybridized carbons (Fsp3) is 0.111. The Labute approximate surface area is 79.9 Å². The maximum atomic E-state index is 10.7. The lowest BCUT2D eigenvalue weighted by Gasteiger charge is -1.94. The average Bonchev–Trinajstić information content (AvgIpc) is 2.41. The first-order valence-electron chi connectivity index (χ1n) is 3.79. The van der Waals surface area contributed by atoms with E-state index in [9.17, 15) is 4.79 Å². The maximum Gasteiger partial charge on any atom is 0.155 e. The van der Waals surface area contributed by atoms with Gasteiger partial charge in [-0.1, -0.05) is 11.6 Å². The van der Waals surface area contributed by atoms with Gasteiger partial charge in [0.1, 0.15) is 10.7 Å². The van der Waals surface area contributed by atoms with Gasteiger partial charge in [0.25, 0.3) is 0 Å². The summed E-state index contributed by atoms with van der Waals surface area (Å²) in [6.45, 7) is 0. The smallest absolute Gasteiger partial charge is 0.155 e. The first-order chi connectivity index (χ1) is 6.25. The van der Waals surface area contributed by atoms with Crippen molar-refractivity contribution in [2.24, 2.45) is 7.05 Å². The van der Waals surface area contributed by atoms with E-state index in [4.69, 9.17) is 11.6 Å². The second-order valence-electron chi connectivity index (χ2n) is 2.75. The Balaban J connectivity index is 2.98. The second kappa shape index (κ2) is 2.85. The number of nitrogens with zero attached hydrogens (tertiary/aromatic N) is 2. The summed E-state index contributed by atoms with van der Waals surface area (Å²) >= 11 is 5.93. The zero-order chi connectivity index (χ0) is 9.42. The molecule has 0 radical (unpaired) electrons. The molecule has 0 unspecified atom stereocenters. The summed E-state index contributed by atoms with van der Waals surface area (Å²) in [6.07, 6.45) is 2.38. The number of rotatable bonds is 1. The first-order valence-corrected chi connectivity index (χ1v) is 4.17. The minimum atomic E-state index is 0.434. The first kappa shape index (κ1) is 8.26. The summed E-state index contributed by atoms with van der Waals surface area (Å²) in [7, 11) is 1.80. The van der Waals surface area contributed by atoms with Crippen LogP contribution in [0.15, 0.2) is 18.3 Å². The molecule has 2 heterocycles. The Morgan fingerprint density at radius 2 is 2.38 bits per heavy atom. The van der Waals surface area contributed by atoms with Crippen LogP contribution in [-0.2, 0) is 7.05 Å². The number of aryl methyl sites for hydroxylation is 1. The molecule has 0 fully saturated rings. The number of hydrogen-bond acceptors (Lipinski definition) is 2. The molecule has 4 heteroatoms. The molecule has 0 aliphatic rings. The average molecular weight is 195 g/mol. The lowest BCUT2D eigenvalue weighted by molar-refractivity contribution is 0.112.